The summed E-state index contributed by atoms with van der Waals surface area (Å²) in [5, 5.41) is 30.4. The van der Waals surface area contributed by atoms with Crippen LogP contribution in [0.5, 0.6) is 0 Å². The number of alkyl halides is 6. The molecule has 2 saturated carbocycles. The lowest BCUT2D eigenvalue weighted by Gasteiger charge is -2.45. The van der Waals surface area contributed by atoms with E-state index in [1.807, 2.05) is 12.8 Å². The quantitative estimate of drug-likeness (QED) is 0.355. The normalized spacial score (nSPS) is 34.0. The lowest BCUT2D eigenvalue weighted by atomic mass is 9.60. The second-order valence-corrected chi connectivity index (χ2v) is 9.48. The van der Waals surface area contributed by atoms with E-state index in [1.54, 1.807) is 0 Å². The van der Waals surface area contributed by atoms with E-state index < -0.39 is 67.5 Å². The van der Waals surface area contributed by atoms with E-state index in [0.29, 0.717) is 32.1 Å². The summed E-state index contributed by atoms with van der Waals surface area (Å²) in [5.74, 6) is 1.64. The summed E-state index contributed by atoms with van der Waals surface area (Å²) < 4.78 is 123. The monoisotopic (exact) mass is 478 g/mol. The molecule has 0 spiro atoms. The first-order chi connectivity index (χ1) is 16.9. The largest absolute Gasteiger partial charge is 0.438 e. The van der Waals surface area contributed by atoms with Gasteiger partial charge in [0, 0.05) is 14.6 Å². The van der Waals surface area contributed by atoms with Crippen molar-refractivity contribution < 1.29 is 49.9 Å². The summed E-state index contributed by atoms with van der Waals surface area (Å²) in [6, 6.07) is 0. The molecule has 0 aromatic carbocycles. The molecule has 32 heavy (non-hydrogen) atoms. The summed E-state index contributed by atoms with van der Waals surface area (Å²) in [7, 11) is 0. The minimum atomic E-state index is -6.11. The van der Waals surface area contributed by atoms with Crippen LogP contribution in [-0.2, 0) is 0 Å². The maximum atomic E-state index is 13.1. The third-order valence-electron chi connectivity index (χ3n) is 7.30. The SMILES string of the molecule is [2H]C([2H])([2H])C(O)(CCC[C@@H](CC#CC(O)(C(F)(F)F)C(F)(F)F)[C@H]1CC[C@H]2[C@@H](O)CCC[C@]12C)C([2H])([2H])[2H]. The molecule has 0 bridgehead atoms. The zero-order chi connectivity index (χ0) is 29.6. The summed E-state index contributed by atoms with van der Waals surface area (Å²) >= 11 is 0. The van der Waals surface area contributed by atoms with Crippen LogP contribution in [0.25, 0.3) is 0 Å². The summed E-state index contributed by atoms with van der Waals surface area (Å²) in [6.45, 7) is -4.66. The van der Waals surface area contributed by atoms with Crippen molar-refractivity contribution in [2.75, 3.05) is 0 Å². The van der Waals surface area contributed by atoms with Crippen molar-refractivity contribution in [2.24, 2.45) is 23.2 Å². The van der Waals surface area contributed by atoms with Crippen LogP contribution < -0.4 is 0 Å². The third-order valence-corrected chi connectivity index (χ3v) is 7.30. The van der Waals surface area contributed by atoms with Crippen LogP contribution in [0.2, 0.25) is 0 Å². The molecular weight excluding hydrogens is 438 g/mol. The number of hydrogen-bond donors (Lipinski definition) is 3. The number of aliphatic hydroxyl groups excluding tert-OH is 1. The minimum Gasteiger partial charge on any atom is -0.393 e. The van der Waals surface area contributed by atoms with E-state index in [4.69, 9.17) is 8.22 Å². The number of halogens is 6. The van der Waals surface area contributed by atoms with Gasteiger partial charge in [0.15, 0.2) is 0 Å². The van der Waals surface area contributed by atoms with E-state index in [0.717, 1.165) is 5.92 Å². The van der Waals surface area contributed by atoms with E-state index in [2.05, 4.69) is 0 Å². The van der Waals surface area contributed by atoms with Gasteiger partial charge in [-0.1, -0.05) is 25.7 Å². The maximum Gasteiger partial charge on any atom is 0.438 e. The summed E-state index contributed by atoms with van der Waals surface area (Å²) in [5.41, 5.74) is -8.82. The number of fused-ring (bicyclic) bond motifs is 1. The van der Waals surface area contributed by atoms with Crippen molar-refractivity contribution in [3.05, 3.63) is 0 Å². The number of hydrogen-bond acceptors (Lipinski definition) is 3. The molecule has 0 unspecified atom stereocenters. The molecule has 2 rings (SSSR count). The molecule has 0 aromatic heterocycles. The van der Waals surface area contributed by atoms with Gasteiger partial charge in [0.05, 0.1) is 11.7 Å². The Morgan fingerprint density at radius 3 is 2.25 bits per heavy atom. The maximum absolute atomic E-state index is 13.1. The molecule has 2 aliphatic rings. The van der Waals surface area contributed by atoms with E-state index in [-0.39, 0.29) is 24.7 Å². The molecule has 0 amide bonds. The van der Waals surface area contributed by atoms with E-state index in [1.165, 1.54) is 0 Å². The Hall–Kier alpha value is -0.980. The predicted molar refractivity (Wildman–Crippen MR) is 107 cm³/mol. The third kappa shape index (κ3) is 5.74. The molecule has 3 N–H and O–H groups in total. The van der Waals surface area contributed by atoms with Crippen molar-refractivity contribution in [1.29, 1.82) is 0 Å². The predicted octanol–water partition coefficient (Wildman–Crippen LogP) is 5.37. The molecule has 0 aliphatic heterocycles. The van der Waals surface area contributed by atoms with Gasteiger partial charge in [-0.15, -0.1) is 0 Å². The van der Waals surface area contributed by atoms with Crippen molar-refractivity contribution in [3.8, 4) is 11.8 Å². The van der Waals surface area contributed by atoms with E-state index in [9.17, 15) is 41.7 Å². The second-order valence-electron chi connectivity index (χ2n) is 9.48. The molecule has 0 radical (unpaired) electrons. The number of aliphatic hydroxyl groups is 3. The lowest BCUT2D eigenvalue weighted by Crippen LogP contribution is -2.55. The topological polar surface area (TPSA) is 60.7 Å². The molecule has 9 heteroatoms. The van der Waals surface area contributed by atoms with Crippen LogP contribution >= 0.6 is 0 Å². The van der Waals surface area contributed by atoms with Crippen molar-refractivity contribution in [2.45, 2.75) is 108 Å². The Morgan fingerprint density at radius 1 is 1.06 bits per heavy atom. The van der Waals surface area contributed by atoms with Crippen LogP contribution in [0, 0.1) is 35.0 Å². The number of rotatable bonds is 6. The molecule has 0 heterocycles. The van der Waals surface area contributed by atoms with Crippen molar-refractivity contribution in [3.63, 3.8) is 0 Å². The Kier molecular flexibility index (Phi) is 5.65. The average Bonchev–Trinajstić information content (AvgIpc) is 3.07. The Bertz CT molecular complexity index is 864. The molecule has 2 fully saturated rings. The molecule has 0 aromatic rings. The standard InChI is InChI=1S/C23H34F6O3/c1-19(2,31)12-4-7-15(8-5-14-21(32,22(24,25)26)23(27,28)29)16-10-11-17-18(30)9-6-13-20(16,17)3/h15-18,30-32H,4,6-13H2,1-3H3/t15-,16+,17-,18-,20+/m0/s1/i1D3,2D3. The second kappa shape index (κ2) is 9.34. The van der Waals surface area contributed by atoms with Crippen molar-refractivity contribution >= 4 is 0 Å². The fourth-order valence-corrected chi connectivity index (χ4v) is 5.64. The fraction of sp³-hybridized carbons (Fsp3) is 0.913. The van der Waals surface area contributed by atoms with Crippen LogP contribution in [-0.4, -0.2) is 45.0 Å². The lowest BCUT2D eigenvalue weighted by molar-refractivity contribution is -0.343. The van der Waals surface area contributed by atoms with Gasteiger partial charge in [-0.3, -0.25) is 0 Å². The van der Waals surface area contributed by atoms with Gasteiger partial charge < -0.3 is 15.3 Å². The van der Waals surface area contributed by atoms with E-state index >= 15 is 0 Å². The summed E-state index contributed by atoms with van der Waals surface area (Å²) in [6.07, 6.45) is -11.4. The molecule has 3 nitrogen and oxygen atoms in total. The van der Waals surface area contributed by atoms with Gasteiger partial charge in [-0.25, -0.2) is 0 Å². The Labute approximate surface area is 194 Å². The summed E-state index contributed by atoms with van der Waals surface area (Å²) in [4.78, 5) is 0. The first-order valence-corrected chi connectivity index (χ1v) is 10.7. The van der Waals surface area contributed by atoms with Gasteiger partial charge in [0.1, 0.15) is 0 Å². The van der Waals surface area contributed by atoms with Crippen LogP contribution in [0.15, 0.2) is 0 Å². The molecule has 2 aliphatic carbocycles. The van der Waals surface area contributed by atoms with Gasteiger partial charge >= 0.3 is 18.0 Å². The highest BCUT2D eigenvalue weighted by Gasteiger charge is 2.70. The smallest absolute Gasteiger partial charge is 0.393 e. The zero-order valence-electron chi connectivity index (χ0n) is 23.8. The van der Waals surface area contributed by atoms with Gasteiger partial charge in [0.2, 0.25) is 0 Å². The van der Waals surface area contributed by atoms with Crippen LogP contribution in [0.4, 0.5) is 26.3 Å². The van der Waals surface area contributed by atoms with Gasteiger partial charge in [-0.2, -0.15) is 26.3 Å². The van der Waals surface area contributed by atoms with Gasteiger partial charge in [-0.05, 0) is 81.3 Å². The molecular formula is C23H34F6O3. The highest BCUT2D eigenvalue weighted by molar-refractivity contribution is 5.21. The zero-order valence-corrected chi connectivity index (χ0v) is 17.8. The average molecular weight is 479 g/mol. The fourth-order valence-electron chi connectivity index (χ4n) is 5.64. The molecule has 5 atom stereocenters. The van der Waals surface area contributed by atoms with Crippen molar-refractivity contribution in [1.82, 2.24) is 0 Å². The van der Waals surface area contributed by atoms with Crippen LogP contribution in [0.3, 0.4) is 0 Å². The first-order valence-electron chi connectivity index (χ1n) is 13.7. The highest BCUT2D eigenvalue weighted by Crippen LogP contribution is 2.58. The molecule has 0 saturated heterocycles. The Morgan fingerprint density at radius 2 is 1.69 bits per heavy atom. The Balaban J connectivity index is 2.38. The van der Waals surface area contributed by atoms with Crippen LogP contribution in [0.1, 0.15) is 86.6 Å². The minimum absolute atomic E-state index is 0.0390. The highest BCUT2D eigenvalue weighted by atomic mass is 19.4. The first kappa shape index (κ1) is 19.3. The van der Waals surface area contributed by atoms with Gasteiger partial charge in [0.25, 0.3) is 0 Å². The molecule has 186 valence electrons.